The number of anilines is 1. The molecule has 1 aromatic carbocycles. The van der Waals surface area contributed by atoms with E-state index in [0.29, 0.717) is 18.9 Å². The quantitative estimate of drug-likeness (QED) is 0.842. The Balaban J connectivity index is 1.68. The maximum Gasteiger partial charge on any atom is 0.220 e. The number of hydrogen-bond acceptors (Lipinski definition) is 3. The Morgan fingerprint density at radius 3 is 2.57 bits per heavy atom. The molecule has 1 fully saturated rings. The molecule has 1 saturated carbocycles. The average Bonchev–Trinajstić information content (AvgIpc) is 2.89. The second kappa shape index (κ2) is 7.46. The van der Waals surface area contributed by atoms with Gasteiger partial charge < -0.3 is 15.3 Å². The first-order valence-electron chi connectivity index (χ1n) is 7.75. The second-order valence-electron chi connectivity index (χ2n) is 6.20. The Hall–Kier alpha value is -1.55. The predicted molar refractivity (Wildman–Crippen MR) is 85.4 cm³/mol. The molecule has 2 unspecified atom stereocenters. The number of benzene rings is 1. The summed E-state index contributed by atoms with van der Waals surface area (Å²) in [7, 11) is 4.03. The summed E-state index contributed by atoms with van der Waals surface area (Å²) in [5.74, 6) is 0.552. The van der Waals surface area contributed by atoms with Crippen LogP contribution in [-0.4, -0.2) is 37.8 Å². The van der Waals surface area contributed by atoms with E-state index in [-0.39, 0.29) is 12.0 Å². The van der Waals surface area contributed by atoms with Crippen LogP contribution in [0.15, 0.2) is 24.3 Å². The summed E-state index contributed by atoms with van der Waals surface area (Å²) < 4.78 is 0. The van der Waals surface area contributed by atoms with Gasteiger partial charge in [-0.25, -0.2) is 0 Å². The fourth-order valence-electron chi connectivity index (χ4n) is 2.80. The van der Waals surface area contributed by atoms with Gasteiger partial charge in [0.05, 0.1) is 6.10 Å². The molecule has 4 heteroatoms. The lowest BCUT2D eigenvalue weighted by Crippen LogP contribution is -2.28. The Kier molecular flexibility index (Phi) is 5.62. The van der Waals surface area contributed by atoms with Crippen molar-refractivity contribution in [3.05, 3.63) is 29.8 Å². The smallest absolute Gasteiger partial charge is 0.220 e. The number of nitrogens with zero attached hydrogens (tertiary/aromatic N) is 1. The SMILES string of the molecule is CN(C)c1ccc(CCC(=O)NCC2CCC(O)C2)cc1. The van der Waals surface area contributed by atoms with Gasteiger partial charge in [0.25, 0.3) is 0 Å². The highest BCUT2D eigenvalue weighted by Gasteiger charge is 2.22. The van der Waals surface area contributed by atoms with Crippen molar-refractivity contribution in [1.29, 1.82) is 0 Å². The Bertz CT molecular complexity index is 456. The van der Waals surface area contributed by atoms with E-state index in [4.69, 9.17) is 0 Å². The van der Waals surface area contributed by atoms with Gasteiger partial charge in [-0.15, -0.1) is 0 Å². The number of aliphatic hydroxyl groups excluding tert-OH is 1. The zero-order valence-corrected chi connectivity index (χ0v) is 13.0. The lowest BCUT2D eigenvalue weighted by Gasteiger charge is -2.13. The number of aryl methyl sites for hydroxylation is 1. The lowest BCUT2D eigenvalue weighted by atomic mass is 10.1. The van der Waals surface area contributed by atoms with Gasteiger partial charge in [-0.1, -0.05) is 12.1 Å². The molecule has 0 radical (unpaired) electrons. The fourth-order valence-corrected chi connectivity index (χ4v) is 2.80. The molecule has 2 rings (SSSR count). The van der Waals surface area contributed by atoms with Gasteiger partial charge in [-0.3, -0.25) is 4.79 Å². The third-order valence-corrected chi connectivity index (χ3v) is 4.19. The summed E-state index contributed by atoms with van der Waals surface area (Å²) in [5.41, 5.74) is 2.36. The summed E-state index contributed by atoms with van der Waals surface area (Å²) in [4.78, 5) is 13.9. The van der Waals surface area contributed by atoms with E-state index >= 15 is 0 Å². The molecule has 1 aromatic rings. The van der Waals surface area contributed by atoms with Crippen LogP contribution in [0.4, 0.5) is 5.69 Å². The van der Waals surface area contributed by atoms with E-state index in [1.165, 1.54) is 11.3 Å². The van der Waals surface area contributed by atoms with Gasteiger partial charge in [0.2, 0.25) is 5.91 Å². The van der Waals surface area contributed by atoms with Gasteiger partial charge in [-0.05, 0) is 49.3 Å². The van der Waals surface area contributed by atoms with Crippen LogP contribution in [0.2, 0.25) is 0 Å². The first-order chi connectivity index (χ1) is 10.0. The van der Waals surface area contributed by atoms with Crippen molar-refractivity contribution in [2.75, 3.05) is 25.5 Å². The highest BCUT2D eigenvalue weighted by atomic mass is 16.3. The summed E-state index contributed by atoms with van der Waals surface area (Å²) in [5, 5.41) is 12.4. The topological polar surface area (TPSA) is 52.6 Å². The van der Waals surface area contributed by atoms with Gasteiger partial charge in [-0.2, -0.15) is 0 Å². The minimum Gasteiger partial charge on any atom is -0.393 e. The van der Waals surface area contributed by atoms with Crippen LogP contribution in [0.3, 0.4) is 0 Å². The molecule has 2 atom stereocenters. The first kappa shape index (κ1) is 15.8. The standard InChI is InChI=1S/C17H26N2O2/c1-19(2)15-7-3-13(4-8-15)6-10-17(21)18-12-14-5-9-16(20)11-14/h3-4,7-8,14,16,20H,5-6,9-12H2,1-2H3,(H,18,21). The highest BCUT2D eigenvalue weighted by molar-refractivity contribution is 5.76. The third kappa shape index (κ3) is 5.05. The van der Waals surface area contributed by atoms with Crippen LogP contribution in [-0.2, 0) is 11.2 Å². The van der Waals surface area contributed by atoms with Crippen molar-refractivity contribution >= 4 is 11.6 Å². The van der Waals surface area contributed by atoms with Crippen LogP contribution in [0, 0.1) is 5.92 Å². The summed E-state index contributed by atoms with van der Waals surface area (Å²) in [6, 6.07) is 8.31. The van der Waals surface area contributed by atoms with E-state index in [1.807, 2.05) is 14.1 Å². The van der Waals surface area contributed by atoms with E-state index in [9.17, 15) is 9.90 Å². The highest BCUT2D eigenvalue weighted by Crippen LogP contribution is 2.24. The molecule has 0 spiro atoms. The van der Waals surface area contributed by atoms with Crippen LogP contribution in [0.25, 0.3) is 0 Å². The number of nitrogens with one attached hydrogen (secondary N) is 1. The monoisotopic (exact) mass is 290 g/mol. The first-order valence-corrected chi connectivity index (χ1v) is 7.75. The van der Waals surface area contributed by atoms with Gasteiger partial charge in [0, 0.05) is 32.7 Å². The molecule has 0 bridgehead atoms. The summed E-state index contributed by atoms with van der Waals surface area (Å²) in [6.45, 7) is 0.704. The Labute approximate surface area is 127 Å². The lowest BCUT2D eigenvalue weighted by molar-refractivity contribution is -0.121. The van der Waals surface area contributed by atoms with Crippen molar-refractivity contribution in [3.8, 4) is 0 Å². The molecular formula is C17H26N2O2. The van der Waals surface area contributed by atoms with Crippen LogP contribution in [0.1, 0.15) is 31.2 Å². The summed E-state index contributed by atoms with van der Waals surface area (Å²) >= 11 is 0. The maximum atomic E-state index is 11.8. The molecule has 2 N–H and O–H groups in total. The molecule has 1 aliphatic carbocycles. The minimum atomic E-state index is -0.165. The van der Waals surface area contributed by atoms with E-state index in [0.717, 1.165) is 25.7 Å². The molecule has 0 aromatic heterocycles. The molecule has 4 nitrogen and oxygen atoms in total. The van der Waals surface area contributed by atoms with Crippen LogP contribution >= 0.6 is 0 Å². The van der Waals surface area contributed by atoms with Crippen LogP contribution < -0.4 is 10.2 Å². The van der Waals surface area contributed by atoms with Crippen molar-refractivity contribution < 1.29 is 9.90 Å². The zero-order chi connectivity index (χ0) is 15.2. The fraction of sp³-hybridized carbons (Fsp3) is 0.588. The molecule has 1 aliphatic rings. The second-order valence-corrected chi connectivity index (χ2v) is 6.20. The molecule has 116 valence electrons. The van der Waals surface area contributed by atoms with Gasteiger partial charge in [0.15, 0.2) is 0 Å². The number of aliphatic hydroxyl groups is 1. The zero-order valence-electron chi connectivity index (χ0n) is 13.0. The molecule has 0 heterocycles. The number of carbonyl (C=O) groups excluding carboxylic acids is 1. The van der Waals surface area contributed by atoms with Gasteiger partial charge >= 0.3 is 0 Å². The van der Waals surface area contributed by atoms with Crippen molar-refractivity contribution in [2.24, 2.45) is 5.92 Å². The third-order valence-electron chi connectivity index (χ3n) is 4.19. The normalized spacial score (nSPS) is 21.3. The predicted octanol–water partition coefficient (Wildman–Crippen LogP) is 1.96. The largest absolute Gasteiger partial charge is 0.393 e. The summed E-state index contributed by atoms with van der Waals surface area (Å²) in [6.07, 6.45) is 3.85. The molecule has 21 heavy (non-hydrogen) atoms. The Morgan fingerprint density at radius 2 is 2.00 bits per heavy atom. The molecule has 0 aliphatic heterocycles. The van der Waals surface area contributed by atoms with Crippen LogP contribution in [0.5, 0.6) is 0 Å². The number of carbonyl (C=O) groups is 1. The Morgan fingerprint density at radius 1 is 1.29 bits per heavy atom. The number of hydrogen-bond donors (Lipinski definition) is 2. The van der Waals surface area contributed by atoms with Gasteiger partial charge in [0.1, 0.15) is 0 Å². The number of amides is 1. The molecule has 1 amide bonds. The van der Waals surface area contributed by atoms with E-state index in [1.54, 1.807) is 0 Å². The van der Waals surface area contributed by atoms with Crippen molar-refractivity contribution in [1.82, 2.24) is 5.32 Å². The number of rotatable bonds is 6. The van der Waals surface area contributed by atoms with E-state index < -0.39 is 0 Å². The minimum absolute atomic E-state index is 0.105. The maximum absolute atomic E-state index is 11.8. The average molecular weight is 290 g/mol. The molecule has 0 saturated heterocycles. The molecular weight excluding hydrogens is 264 g/mol. The van der Waals surface area contributed by atoms with Crippen molar-refractivity contribution in [3.63, 3.8) is 0 Å². The van der Waals surface area contributed by atoms with Crippen molar-refractivity contribution in [2.45, 2.75) is 38.2 Å². The van der Waals surface area contributed by atoms with E-state index in [2.05, 4.69) is 34.5 Å².